The van der Waals surface area contributed by atoms with Crippen LogP contribution in [0.3, 0.4) is 0 Å². The van der Waals surface area contributed by atoms with Crippen LogP contribution < -0.4 is 10.6 Å². The van der Waals surface area contributed by atoms with Crippen LogP contribution in [-0.2, 0) is 4.79 Å². The van der Waals surface area contributed by atoms with Gasteiger partial charge < -0.3 is 15.1 Å². The zero-order valence-corrected chi connectivity index (χ0v) is 14.6. The fourth-order valence-electron chi connectivity index (χ4n) is 2.32. The van der Waals surface area contributed by atoms with E-state index in [0.29, 0.717) is 5.02 Å². The summed E-state index contributed by atoms with van der Waals surface area (Å²) in [5, 5.41) is 10.0. The van der Waals surface area contributed by atoms with Gasteiger partial charge in [0.05, 0.1) is 18.8 Å². The average molecular weight is 375 g/mol. The van der Waals surface area contributed by atoms with Crippen LogP contribution in [0.1, 0.15) is 27.7 Å². The van der Waals surface area contributed by atoms with Crippen molar-refractivity contribution in [2.45, 2.75) is 6.04 Å². The predicted molar refractivity (Wildman–Crippen MR) is 96.8 cm³/mol. The first-order valence-electron chi connectivity index (χ1n) is 7.52. The largest absolute Gasteiger partial charge is 0.459 e. The molecule has 2 heterocycles. The maximum atomic E-state index is 12.3. The van der Waals surface area contributed by atoms with Gasteiger partial charge in [0.2, 0.25) is 5.91 Å². The van der Waals surface area contributed by atoms with Gasteiger partial charge in [0.15, 0.2) is 5.76 Å². The molecule has 2 aromatic heterocycles. The Bertz CT molecular complexity index is 830. The molecule has 25 heavy (non-hydrogen) atoms. The highest BCUT2D eigenvalue weighted by Crippen LogP contribution is 2.25. The summed E-state index contributed by atoms with van der Waals surface area (Å²) in [5.74, 6) is -0.565. The van der Waals surface area contributed by atoms with Crippen LogP contribution in [-0.4, -0.2) is 18.4 Å². The SMILES string of the molecule is O=C(CNC(=O)c1ccco1)NC(c1ccc(Cl)cc1)c1ccsc1. The van der Waals surface area contributed by atoms with E-state index in [9.17, 15) is 9.59 Å². The lowest BCUT2D eigenvalue weighted by molar-refractivity contribution is -0.120. The van der Waals surface area contributed by atoms with E-state index in [1.54, 1.807) is 29.5 Å². The van der Waals surface area contributed by atoms with Gasteiger partial charge in [-0.1, -0.05) is 23.7 Å². The Balaban J connectivity index is 1.67. The smallest absolute Gasteiger partial charge is 0.287 e. The van der Waals surface area contributed by atoms with Crippen molar-refractivity contribution in [3.63, 3.8) is 0 Å². The number of hydrogen-bond donors (Lipinski definition) is 2. The Kier molecular flexibility index (Phi) is 5.53. The van der Waals surface area contributed by atoms with Gasteiger partial charge in [-0.3, -0.25) is 9.59 Å². The van der Waals surface area contributed by atoms with E-state index in [-0.39, 0.29) is 24.3 Å². The normalized spacial score (nSPS) is 11.7. The van der Waals surface area contributed by atoms with E-state index in [2.05, 4.69) is 10.6 Å². The molecule has 0 aliphatic heterocycles. The van der Waals surface area contributed by atoms with Crippen molar-refractivity contribution in [2.24, 2.45) is 0 Å². The molecule has 0 saturated carbocycles. The zero-order valence-electron chi connectivity index (χ0n) is 13.1. The van der Waals surface area contributed by atoms with Gasteiger partial charge in [-0.15, -0.1) is 0 Å². The van der Waals surface area contributed by atoms with Crippen LogP contribution in [0.4, 0.5) is 0 Å². The van der Waals surface area contributed by atoms with Crippen LogP contribution in [0.5, 0.6) is 0 Å². The molecule has 1 atom stereocenters. The van der Waals surface area contributed by atoms with E-state index in [1.807, 2.05) is 29.0 Å². The van der Waals surface area contributed by atoms with Crippen LogP contribution in [0.15, 0.2) is 63.9 Å². The number of benzene rings is 1. The maximum absolute atomic E-state index is 12.3. The molecular weight excluding hydrogens is 360 g/mol. The van der Waals surface area contributed by atoms with Gasteiger partial charge in [0.1, 0.15) is 0 Å². The molecule has 0 aliphatic carbocycles. The second-order valence-electron chi connectivity index (χ2n) is 5.27. The molecule has 128 valence electrons. The molecule has 1 unspecified atom stereocenters. The second-order valence-corrected chi connectivity index (χ2v) is 6.49. The number of rotatable bonds is 6. The molecule has 5 nitrogen and oxygen atoms in total. The molecule has 2 N–H and O–H groups in total. The van der Waals surface area contributed by atoms with Crippen LogP contribution in [0.25, 0.3) is 0 Å². The molecule has 3 rings (SSSR count). The first-order chi connectivity index (χ1) is 12.1. The highest BCUT2D eigenvalue weighted by Gasteiger charge is 2.18. The van der Waals surface area contributed by atoms with E-state index < -0.39 is 5.91 Å². The number of carbonyl (C=O) groups excluding carboxylic acids is 2. The molecule has 0 fully saturated rings. The average Bonchev–Trinajstić information content (AvgIpc) is 3.31. The molecule has 0 spiro atoms. The topological polar surface area (TPSA) is 71.3 Å². The standard InChI is InChI=1S/C18H15ClN2O3S/c19-14-5-3-12(4-6-14)17(13-7-9-25-11-13)21-16(22)10-20-18(23)15-2-1-8-24-15/h1-9,11,17H,10H2,(H,20,23)(H,21,22). The van der Waals surface area contributed by atoms with Crippen molar-refractivity contribution in [3.8, 4) is 0 Å². The number of hydrogen-bond acceptors (Lipinski definition) is 4. The third kappa shape index (κ3) is 4.49. The van der Waals surface area contributed by atoms with Crippen molar-refractivity contribution in [1.29, 1.82) is 0 Å². The van der Waals surface area contributed by atoms with E-state index in [1.165, 1.54) is 12.3 Å². The lowest BCUT2D eigenvalue weighted by atomic mass is 10.0. The Morgan fingerprint density at radius 2 is 1.92 bits per heavy atom. The number of amides is 2. The Morgan fingerprint density at radius 1 is 1.12 bits per heavy atom. The van der Waals surface area contributed by atoms with Gasteiger partial charge in [-0.2, -0.15) is 11.3 Å². The van der Waals surface area contributed by atoms with Gasteiger partial charge in [0.25, 0.3) is 5.91 Å². The van der Waals surface area contributed by atoms with Crippen LogP contribution in [0.2, 0.25) is 5.02 Å². The summed E-state index contributed by atoms with van der Waals surface area (Å²) >= 11 is 7.49. The Labute approximate surface area is 153 Å². The lowest BCUT2D eigenvalue weighted by Gasteiger charge is -2.19. The summed E-state index contributed by atoms with van der Waals surface area (Å²) in [7, 11) is 0. The summed E-state index contributed by atoms with van der Waals surface area (Å²) in [4.78, 5) is 24.1. The van der Waals surface area contributed by atoms with Crippen molar-refractivity contribution in [3.05, 3.63) is 81.4 Å². The molecule has 7 heteroatoms. The van der Waals surface area contributed by atoms with Crippen molar-refractivity contribution < 1.29 is 14.0 Å². The molecular formula is C18H15ClN2O3S. The Hall–Kier alpha value is -2.57. The quantitative estimate of drug-likeness (QED) is 0.692. The third-order valence-electron chi connectivity index (χ3n) is 3.54. The molecule has 2 amide bonds. The second kappa shape index (κ2) is 8.00. The van der Waals surface area contributed by atoms with Crippen LogP contribution in [0, 0.1) is 0 Å². The van der Waals surface area contributed by atoms with Crippen molar-refractivity contribution in [1.82, 2.24) is 10.6 Å². The fraction of sp³-hybridized carbons (Fsp3) is 0.111. The lowest BCUT2D eigenvalue weighted by Crippen LogP contribution is -2.38. The highest BCUT2D eigenvalue weighted by molar-refractivity contribution is 7.08. The number of thiophene rings is 1. The first-order valence-corrected chi connectivity index (χ1v) is 8.84. The van der Waals surface area contributed by atoms with E-state index in [0.717, 1.165) is 11.1 Å². The van der Waals surface area contributed by atoms with Gasteiger partial charge in [-0.05, 0) is 52.2 Å². The predicted octanol–water partition coefficient (Wildman–Crippen LogP) is 3.63. The summed E-state index contributed by atoms with van der Waals surface area (Å²) in [6.07, 6.45) is 1.40. The molecule has 1 aromatic carbocycles. The third-order valence-corrected chi connectivity index (χ3v) is 4.49. The molecule has 3 aromatic rings. The van der Waals surface area contributed by atoms with Gasteiger partial charge in [-0.25, -0.2) is 0 Å². The molecule has 0 bridgehead atoms. The van der Waals surface area contributed by atoms with Gasteiger partial charge >= 0.3 is 0 Å². The monoisotopic (exact) mass is 374 g/mol. The minimum atomic E-state index is -0.432. The van der Waals surface area contributed by atoms with Crippen molar-refractivity contribution in [2.75, 3.05) is 6.54 Å². The van der Waals surface area contributed by atoms with Gasteiger partial charge in [0, 0.05) is 5.02 Å². The molecule has 0 aliphatic rings. The number of carbonyl (C=O) groups is 2. The number of furan rings is 1. The van der Waals surface area contributed by atoms with E-state index in [4.69, 9.17) is 16.0 Å². The first kappa shape index (κ1) is 17.3. The summed E-state index contributed by atoms with van der Waals surface area (Å²) < 4.78 is 4.99. The Morgan fingerprint density at radius 3 is 2.56 bits per heavy atom. The molecule has 0 radical (unpaired) electrons. The highest BCUT2D eigenvalue weighted by atomic mass is 35.5. The fourth-order valence-corrected chi connectivity index (χ4v) is 3.13. The zero-order chi connectivity index (χ0) is 17.6. The number of halogens is 1. The number of nitrogens with one attached hydrogen (secondary N) is 2. The molecule has 0 saturated heterocycles. The van der Waals surface area contributed by atoms with Crippen molar-refractivity contribution >= 4 is 34.8 Å². The van der Waals surface area contributed by atoms with Crippen LogP contribution >= 0.6 is 22.9 Å². The van der Waals surface area contributed by atoms with E-state index >= 15 is 0 Å². The summed E-state index contributed by atoms with van der Waals surface area (Å²) in [6.45, 7) is -0.145. The minimum absolute atomic E-state index is 0.145. The summed E-state index contributed by atoms with van der Waals surface area (Å²) in [5.41, 5.74) is 1.88. The minimum Gasteiger partial charge on any atom is -0.459 e. The maximum Gasteiger partial charge on any atom is 0.287 e. The summed E-state index contributed by atoms with van der Waals surface area (Å²) in [6, 6.07) is 12.1.